The summed E-state index contributed by atoms with van der Waals surface area (Å²) >= 11 is 3.08. The van der Waals surface area contributed by atoms with Crippen molar-refractivity contribution in [3.63, 3.8) is 0 Å². The van der Waals surface area contributed by atoms with E-state index in [4.69, 9.17) is 5.73 Å². The summed E-state index contributed by atoms with van der Waals surface area (Å²) in [5, 5.41) is 3.45. The summed E-state index contributed by atoms with van der Waals surface area (Å²) in [7, 11) is 0. The average Bonchev–Trinajstić information content (AvgIpc) is 3.34. The number of nitrogens with two attached hydrogens (primary N) is 1. The summed E-state index contributed by atoms with van der Waals surface area (Å²) in [6.07, 6.45) is -2.03. The van der Waals surface area contributed by atoms with E-state index >= 15 is 0 Å². The molecule has 1 amide bonds. The summed E-state index contributed by atoms with van der Waals surface area (Å²) in [6, 6.07) is 5.98. The molecule has 2 aliphatic rings. The van der Waals surface area contributed by atoms with Gasteiger partial charge in [-0.15, -0.1) is 22.7 Å². The van der Waals surface area contributed by atoms with Crippen LogP contribution in [0.1, 0.15) is 23.3 Å². The van der Waals surface area contributed by atoms with Gasteiger partial charge in [-0.1, -0.05) is 0 Å². The van der Waals surface area contributed by atoms with Crippen molar-refractivity contribution in [2.24, 2.45) is 16.6 Å². The molecule has 0 radical (unpaired) electrons. The summed E-state index contributed by atoms with van der Waals surface area (Å²) in [4.78, 5) is 24.4. The van der Waals surface area contributed by atoms with Crippen LogP contribution in [0.5, 0.6) is 0 Å². The highest BCUT2D eigenvalue weighted by Gasteiger charge is 2.30. The molecule has 2 atom stereocenters. The van der Waals surface area contributed by atoms with Crippen LogP contribution in [0.4, 0.5) is 18.9 Å². The third-order valence-corrected chi connectivity index (χ3v) is 7.75. The maximum Gasteiger partial charge on any atom is 0.390 e. The number of nitrogens with zero attached hydrogens (tertiary/aromatic N) is 3. The van der Waals surface area contributed by atoms with Gasteiger partial charge in [0.05, 0.1) is 22.1 Å². The van der Waals surface area contributed by atoms with Gasteiger partial charge in [0.15, 0.2) is 6.29 Å². The van der Waals surface area contributed by atoms with Gasteiger partial charge in [-0.05, 0) is 43.0 Å². The number of amides is 1. The zero-order chi connectivity index (χ0) is 22.5. The molecule has 0 saturated carbocycles. The molecule has 0 saturated heterocycles. The Morgan fingerprint density at radius 3 is 3.00 bits per heavy atom. The smallest absolute Gasteiger partial charge is 0.356 e. The summed E-state index contributed by atoms with van der Waals surface area (Å²) < 4.78 is 38.9. The minimum absolute atomic E-state index is 0.316. The van der Waals surface area contributed by atoms with Crippen LogP contribution in [-0.4, -0.2) is 29.9 Å². The molecular weight excluding hydrogens is 459 g/mol. The van der Waals surface area contributed by atoms with E-state index in [1.165, 1.54) is 11.3 Å². The topological polar surface area (TPSA) is 83.6 Å². The average molecular weight is 480 g/mol. The van der Waals surface area contributed by atoms with Crippen LogP contribution in [0.15, 0.2) is 28.7 Å². The van der Waals surface area contributed by atoms with Crippen molar-refractivity contribution in [2.45, 2.75) is 38.1 Å². The third-order valence-electron chi connectivity index (χ3n) is 5.78. The SMILES string of the molecule is NC1N=c2sc3c(c2=CN1c1ccc2ncsc2c1)CCC(C(=O)NCCC(F)(F)F)C3. The van der Waals surface area contributed by atoms with E-state index in [-0.39, 0.29) is 18.4 Å². The first-order chi connectivity index (χ1) is 15.3. The second-order valence-electron chi connectivity index (χ2n) is 7.90. The summed E-state index contributed by atoms with van der Waals surface area (Å²) in [5.41, 5.74) is 11.2. The second kappa shape index (κ2) is 8.13. The highest BCUT2D eigenvalue weighted by Crippen LogP contribution is 2.29. The molecule has 3 aromatic rings. The lowest BCUT2D eigenvalue weighted by atomic mass is 9.87. The molecule has 168 valence electrons. The van der Waals surface area contributed by atoms with Crippen LogP contribution in [0, 0.1) is 5.92 Å². The summed E-state index contributed by atoms with van der Waals surface area (Å²) in [5.74, 6) is -0.641. The normalized spacial score (nSPS) is 20.3. The van der Waals surface area contributed by atoms with Crippen molar-refractivity contribution >= 4 is 50.7 Å². The minimum Gasteiger partial charge on any atom is -0.356 e. The maximum absolute atomic E-state index is 12.4. The predicted octanol–water partition coefficient (Wildman–Crippen LogP) is 2.65. The van der Waals surface area contributed by atoms with Crippen molar-refractivity contribution in [1.82, 2.24) is 10.3 Å². The van der Waals surface area contributed by atoms with Crippen LogP contribution < -0.4 is 25.8 Å². The Hall–Kier alpha value is -2.50. The molecule has 3 heterocycles. The molecule has 1 aliphatic heterocycles. The fraction of sp³-hybridized carbons (Fsp3) is 0.381. The Balaban J connectivity index is 1.38. The van der Waals surface area contributed by atoms with E-state index < -0.39 is 18.9 Å². The van der Waals surface area contributed by atoms with Crippen LogP contribution >= 0.6 is 22.7 Å². The van der Waals surface area contributed by atoms with Crippen LogP contribution in [0.3, 0.4) is 0 Å². The maximum atomic E-state index is 12.4. The molecule has 5 rings (SSSR count). The molecular formula is C21H20F3N5OS2. The Morgan fingerprint density at radius 2 is 2.19 bits per heavy atom. The van der Waals surface area contributed by atoms with Gasteiger partial charge < -0.3 is 10.2 Å². The van der Waals surface area contributed by atoms with Crippen molar-refractivity contribution < 1.29 is 18.0 Å². The predicted molar refractivity (Wildman–Crippen MR) is 119 cm³/mol. The first-order valence-electron chi connectivity index (χ1n) is 10.2. The molecule has 32 heavy (non-hydrogen) atoms. The number of anilines is 1. The first kappa shape index (κ1) is 21.4. The number of nitrogens with one attached hydrogen (secondary N) is 1. The second-order valence-corrected chi connectivity index (χ2v) is 9.87. The van der Waals surface area contributed by atoms with Crippen molar-refractivity contribution in [1.29, 1.82) is 0 Å². The molecule has 3 N–H and O–H groups in total. The van der Waals surface area contributed by atoms with E-state index in [2.05, 4.69) is 15.3 Å². The molecule has 0 fully saturated rings. The fourth-order valence-electron chi connectivity index (χ4n) is 4.15. The lowest BCUT2D eigenvalue weighted by Crippen LogP contribution is -2.46. The molecule has 6 nitrogen and oxygen atoms in total. The number of carbonyl (C=O) groups is 1. The third kappa shape index (κ3) is 4.12. The molecule has 1 aliphatic carbocycles. The van der Waals surface area contributed by atoms with E-state index in [0.29, 0.717) is 19.3 Å². The van der Waals surface area contributed by atoms with Crippen molar-refractivity contribution in [3.05, 3.63) is 44.0 Å². The number of rotatable bonds is 4. The number of hydrogen-bond acceptors (Lipinski definition) is 7. The van der Waals surface area contributed by atoms with Gasteiger partial charge in [-0.25, -0.2) is 9.98 Å². The summed E-state index contributed by atoms with van der Waals surface area (Å²) in [6.45, 7) is -0.385. The quantitative estimate of drug-likeness (QED) is 0.603. The standard InChI is InChI=1S/C21H20F3N5OS2/c22-21(23,24)5-6-26-18(30)11-1-3-13-14-9-29(20(25)28-19(14)32-16(13)7-11)12-2-4-15-17(8-12)31-10-27-15/h2,4,8-11,20H,1,3,5-7,25H2,(H,26,30). The lowest BCUT2D eigenvalue weighted by Gasteiger charge is -2.27. The first-order valence-corrected chi connectivity index (χ1v) is 11.9. The van der Waals surface area contributed by atoms with Gasteiger partial charge in [0.1, 0.15) is 4.67 Å². The molecule has 0 bridgehead atoms. The molecule has 1 aromatic carbocycles. The minimum atomic E-state index is -4.27. The monoisotopic (exact) mass is 479 g/mol. The van der Waals surface area contributed by atoms with Gasteiger partial charge in [0.2, 0.25) is 5.91 Å². The number of fused-ring (bicyclic) bond motifs is 4. The van der Waals surface area contributed by atoms with E-state index in [1.807, 2.05) is 34.8 Å². The molecule has 0 spiro atoms. The molecule has 2 unspecified atom stereocenters. The zero-order valence-electron chi connectivity index (χ0n) is 16.9. The molecule has 11 heteroatoms. The van der Waals surface area contributed by atoms with Crippen molar-refractivity contribution in [2.75, 3.05) is 11.4 Å². The van der Waals surface area contributed by atoms with E-state index in [0.717, 1.165) is 36.2 Å². The number of benzene rings is 1. The number of carbonyl (C=O) groups excluding carboxylic acids is 1. The number of alkyl halides is 3. The zero-order valence-corrected chi connectivity index (χ0v) is 18.5. The van der Waals surface area contributed by atoms with E-state index in [1.54, 1.807) is 11.3 Å². The number of aromatic nitrogens is 1. The van der Waals surface area contributed by atoms with Gasteiger partial charge in [0, 0.05) is 34.4 Å². The molecule has 2 aromatic heterocycles. The van der Waals surface area contributed by atoms with Crippen LogP contribution in [-0.2, 0) is 17.6 Å². The Morgan fingerprint density at radius 1 is 1.34 bits per heavy atom. The van der Waals surface area contributed by atoms with Gasteiger partial charge in [-0.2, -0.15) is 13.2 Å². The highest BCUT2D eigenvalue weighted by molar-refractivity contribution is 7.16. The van der Waals surface area contributed by atoms with Gasteiger partial charge in [-0.3, -0.25) is 10.5 Å². The number of halogens is 3. The lowest BCUT2D eigenvalue weighted by molar-refractivity contribution is -0.136. The largest absolute Gasteiger partial charge is 0.390 e. The Bertz CT molecular complexity index is 1300. The number of thiophene rings is 1. The Kier molecular flexibility index (Phi) is 5.42. The van der Waals surface area contributed by atoms with Gasteiger partial charge >= 0.3 is 6.18 Å². The Labute approximate surface area is 189 Å². The van der Waals surface area contributed by atoms with Crippen LogP contribution in [0.25, 0.3) is 16.4 Å². The van der Waals surface area contributed by atoms with E-state index in [9.17, 15) is 18.0 Å². The van der Waals surface area contributed by atoms with Crippen LogP contribution in [0.2, 0.25) is 0 Å². The van der Waals surface area contributed by atoms with Gasteiger partial charge in [0.25, 0.3) is 0 Å². The fourth-order valence-corrected chi connectivity index (χ4v) is 6.16. The number of thiazole rings is 1. The highest BCUT2D eigenvalue weighted by atomic mass is 32.1. The van der Waals surface area contributed by atoms with Crippen molar-refractivity contribution in [3.8, 4) is 0 Å². The number of hydrogen-bond donors (Lipinski definition) is 2.